The molecule has 0 radical (unpaired) electrons. The van der Waals surface area contributed by atoms with Gasteiger partial charge in [-0.2, -0.15) is 0 Å². The fourth-order valence-electron chi connectivity index (χ4n) is 2.78. The van der Waals surface area contributed by atoms with E-state index in [4.69, 9.17) is 21.1 Å². The Morgan fingerprint density at radius 2 is 1.96 bits per heavy atom. The van der Waals surface area contributed by atoms with Crippen molar-refractivity contribution in [3.63, 3.8) is 0 Å². The maximum atomic E-state index is 12.7. The molecule has 0 bridgehead atoms. The summed E-state index contributed by atoms with van der Waals surface area (Å²) in [6.07, 6.45) is 1.41. The molecule has 7 nitrogen and oxygen atoms in total. The molecule has 1 amide bonds. The number of rotatable bonds is 6. The average molecular weight is 400 g/mol. The Bertz CT molecular complexity index is 1020. The molecule has 0 aliphatic heterocycles. The topological polar surface area (TPSA) is 90.4 Å². The lowest BCUT2D eigenvalue weighted by Gasteiger charge is -2.14. The number of anilines is 1. The predicted molar refractivity (Wildman–Crippen MR) is 105 cm³/mol. The number of aryl methyl sites for hydroxylation is 1. The fraction of sp³-hybridized carbons (Fsp3) is 0.200. The van der Waals surface area contributed by atoms with Crippen LogP contribution in [0.4, 0.5) is 5.82 Å². The number of carbonyl (C=O) groups is 2. The van der Waals surface area contributed by atoms with Gasteiger partial charge in [-0.15, -0.1) is 0 Å². The van der Waals surface area contributed by atoms with E-state index < -0.39 is 18.5 Å². The van der Waals surface area contributed by atoms with E-state index in [0.29, 0.717) is 22.1 Å². The minimum Gasteiger partial charge on any atom is -0.452 e. The highest BCUT2D eigenvalue weighted by Crippen LogP contribution is 2.24. The summed E-state index contributed by atoms with van der Waals surface area (Å²) in [7, 11) is 1.52. The van der Waals surface area contributed by atoms with E-state index in [-0.39, 0.29) is 6.61 Å². The van der Waals surface area contributed by atoms with E-state index in [9.17, 15) is 9.59 Å². The first kappa shape index (κ1) is 19.7. The monoisotopic (exact) mass is 399 g/mol. The van der Waals surface area contributed by atoms with Gasteiger partial charge < -0.3 is 14.8 Å². The molecule has 0 unspecified atom stereocenters. The Morgan fingerprint density at radius 3 is 2.68 bits per heavy atom. The highest BCUT2D eigenvalue weighted by molar-refractivity contribution is 6.30. The molecule has 3 rings (SSSR count). The third-order valence-corrected chi connectivity index (χ3v) is 4.27. The SMILES string of the molecule is COCc1nc2ccccc2c(C)c1C(=O)OCC(=O)Nc1ccc(Cl)cn1. The predicted octanol–water partition coefficient (Wildman–Crippen LogP) is 3.53. The van der Waals surface area contributed by atoms with E-state index in [1.807, 2.05) is 31.2 Å². The molecule has 144 valence electrons. The molecule has 2 heterocycles. The molecule has 1 aromatic carbocycles. The molecule has 0 spiro atoms. The summed E-state index contributed by atoms with van der Waals surface area (Å²) in [5.41, 5.74) is 2.25. The van der Waals surface area contributed by atoms with Crippen molar-refractivity contribution in [2.75, 3.05) is 19.0 Å². The molecular weight excluding hydrogens is 382 g/mol. The molecule has 0 fully saturated rings. The van der Waals surface area contributed by atoms with Crippen LogP contribution in [0.25, 0.3) is 10.9 Å². The Kier molecular flexibility index (Phi) is 6.18. The third kappa shape index (κ3) is 4.44. The van der Waals surface area contributed by atoms with Crippen LogP contribution < -0.4 is 5.32 Å². The van der Waals surface area contributed by atoms with Crippen molar-refractivity contribution in [1.29, 1.82) is 0 Å². The third-order valence-electron chi connectivity index (χ3n) is 4.04. The van der Waals surface area contributed by atoms with Crippen LogP contribution in [0.1, 0.15) is 21.6 Å². The molecule has 0 aliphatic carbocycles. The number of carbonyl (C=O) groups excluding carboxylic acids is 2. The number of fused-ring (bicyclic) bond motifs is 1. The molecule has 0 saturated carbocycles. The zero-order chi connectivity index (χ0) is 20.1. The summed E-state index contributed by atoms with van der Waals surface area (Å²) in [4.78, 5) is 33.2. The molecule has 0 atom stereocenters. The Balaban J connectivity index is 1.76. The van der Waals surface area contributed by atoms with E-state index in [2.05, 4.69) is 15.3 Å². The van der Waals surface area contributed by atoms with Crippen LogP contribution in [0.2, 0.25) is 5.02 Å². The highest BCUT2D eigenvalue weighted by atomic mass is 35.5. The molecule has 2 aromatic heterocycles. The number of pyridine rings is 2. The smallest absolute Gasteiger partial charge is 0.340 e. The lowest BCUT2D eigenvalue weighted by molar-refractivity contribution is -0.119. The number of amides is 1. The number of nitrogens with zero attached hydrogens (tertiary/aromatic N) is 2. The number of para-hydroxylation sites is 1. The molecule has 3 aromatic rings. The van der Waals surface area contributed by atoms with Gasteiger partial charge in [0, 0.05) is 18.7 Å². The number of methoxy groups -OCH3 is 1. The molecule has 1 N–H and O–H groups in total. The fourth-order valence-corrected chi connectivity index (χ4v) is 2.90. The number of esters is 1. The average Bonchev–Trinajstić information content (AvgIpc) is 2.68. The lowest BCUT2D eigenvalue weighted by atomic mass is 10.0. The van der Waals surface area contributed by atoms with Crippen molar-refractivity contribution in [1.82, 2.24) is 9.97 Å². The van der Waals surface area contributed by atoms with Crippen LogP contribution in [0, 0.1) is 6.92 Å². The van der Waals surface area contributed by atoms with Crippen molar-refractivity contribution in [2.24, 2.45) is 0 Å². The van der Waals surface area contributed by atoms with Gasteiger partial charge in [-0.25, -0.2) is 14.8 Å². The van der Waals surface area contributed by atoms with Crippen molar-refractivity contribution in [3.05, 3.63) is 64.4 Å². The second-order valence-corrected chi connectivity index (χ2v) is 6.43. The summed E-state index contributed by atoms with van der Waals surface area (Å²) in [6, 6.07) is 10.6. The van der Waals surface area contributed by atoms with Crippen LogP contribution in [0.5, 0.6) is 0 Å². The summed E-state index contributed by atoms with van der Waals surface area (Å²) >= 11 is 5.75. The highest BCUT2D eigenvalue weighted by Gasteiger charge is 2.21. The van der Waals surface area contributed by atoms with Crippen molar-refractivity contribution in [2.45, 2.75) is 13.5 Å². The second kappa shape index (κ2) is 8.77. The zero-order valence-corrected chi connectivity index (χ0v) is 16.1. The van der Waals surface area contributed by atoms with Gasteiger partial charge in [0.2, 0.25) is 0 Å². The quantitative estimate of drug-likeness (QED) is 0.637. The van der Waals surface area contributed by atoms with E-state index in [1.165, 1.54) is 13.3 Å². The minimum atomic E-state index is -0.637. The van der Waals surface area contributed by atoms with Crippen molar-refractivity contribution >= 4 is 40.2 Å². The second-order valence-electron chi connectivity index (χ2n) is 5.99. The first-order chi connectivity index (χ1) is 13.5. The van der Waals surface area contributed by atoms with E-state index in [1.54, 1.807) is 12.1 Å². The lowest BCUT2D eigenvalue weighted by Crippen LogP contribution is -2.22. The normalized spacial score (nSPS) is 10.7. The minimum absolute atomic E-state index is 0.150. The number of hydrogen-bond acceptors (Lipinski definition) is 6. The first-order valence-corrected chi connectivity index (χ1v) is 8.83. The number of aromatic nitrogens is 2. The van der Waals surface area contributed by atoms with Crippen molar-refractivity contribution < 1.29 is 19.1 Å². The summed E-state index contributed by atoms with van der Waals surface area (Å²) in [5.74, 6) is -0.834. The summed E-state index contributed by atoms with van der Waals surface area (Å²) < 4.78 is 10.4. The van der Waals surface area contributed by atoms with Crippen LogP contribution in [0.3, 0.4) is 0 Å². The van der Waals surface area contributed by atoms with Crippen molar-refractivity contribution in [3.8, 4) is 0 Å². The number of nitrogens with one attached hydrogen (secondary N) is 1. The van der Waals surface area contributed by atoms with E-state index in [0.717, 1.165) is 16.5 Å². The maximum absolute atomic E-state index is 12.7. The van der Waals surface area contributed by atoms with Crippen LogP contribution in [0.15, 0.2) is 42.6 Å². The standard InChI is InChI=1S/C20H18ClN3O4/c1-12-14-5-3-4-6-15(14)23-16(10-27-2)19(12)20(26)28-11-18(25)24-17-8-7-13(21)9-22-17/h3-9H,10-11H2,1-2H3,(H,22,24,25). The maximum Gasteiger partial charge on any atom is 0.340 e. The molecule has 0 saturated heterocycles. The Morgan fingerprint density at radius 1 is 1.18 bits per heavy atom. The van der Waals surface area contributed by atoms with Gasteiger partial charge in [0.05, 0.1) is 28.4 Å². The van der Waals surface area contributed by atoms with Gasteiger partial charge in [-0.3, -0.25) is 4.79 Å². The summed E-state index contributed by atoms with van der Waals surface area (Å²) in [5, 5.41) is 3.82. The Hall–Kier alpha value is -3.03. The van der Waals surface area contributed by atoms with Crippen LogP contribution in [-0.2, 0) is 20.9 Å². The largest absolute Gasteiger partial charge is 0.452 e. The number of hydrogen-bond donors (Lipinski definition) is 1. The molecule has 0 aliphatic rings. The number of benzene rings is 1. The summed E-state index contributed by atoms with van der Waals surface area (Å²) in [6.45, 7) is 1.51. The van der Waals surface area contributed by atoms with Crippen LogP contribution >= 0.6 is 11.6 Å². The van der Waals surface area contributed by atoms with Gasteiger partial charge >= 0.3 is 5.97 Å². The molecule has 8 heteroatoms. The van der Waals surface area contributed by atoms with Crippen LogP contribution in [-0.4, -0.2) is 35.6 Å². The van der Waals surface area contributed by atoms with Gasteiger partial charge in [-0.1, -0.05) is 29.8 Å². The first-order valence-electron chi connectivity index (χ1n) is 8.45. The molecular formula is C20H18ClN3O4. The van der Waals surface area contributed by atoms with Gasteiger partial charge in [0.15, 0.2) is 6.61 Å². The number of ether oxygens (including phenoxy) is 2. The zero-order valence-electron chi connectivity index (χ0n) is 15.4. The molecule has 28 heavy (non-hydrogen) atoms. The van der Waals surface area contributed by atoms with Gasteiger partial charge in [0.1, 0.15) is 5.82 Å². The Labute approximate surface area is 166 Å². The van der Waals surface area contributed by atoms with E-state index >= 15 is 0 Å². The van der Waals surface area contributed by atoms with Gasteiger partial charge in [-0.05, 0) is 30.7 Å². The number of halogens is 1. The van der Waals surface area contributed by atoms with Gasteiger partial charge in [0.25, 0.3) is 5.91 Å².